The molecule has 1 aromatic carbocycles. The maximum Gasteiger partial charge on any atom is 0.127 e. The largest absolute Gasteiger partial charge is 0.489 e. The van der Waals surface area contributed by atoms with Gasteiger partial charge in [-0.1, -0.05) is 77.1 Å². The lowest BCUT2D eigenvalue weighted by Gasteiger charge is -2.37. The zero-order chi connectivity index (χ0) is 18.7. The Hall–Kier alpha value is -1.47. The van der Waals surface area contributed by atoms with Crippen LogP contribution < -0.4 is 4.74 Å². The highest BCUT2D eigenvalue weighted by atomic mass is 35.5. The van der Waals surface area contributed by atoms with Gasteiger partial charge in [-0.3, -0.25) is 0 Å². The maximum absolute atomic E-state index is 6.58. The molecule has 2 heteroatoms. The van der Waals surface area contributed by atoms with Gasteiger partial charge in [0.25, 0.3) is 0 Å². The molecule has 0 fully saturated rings. The Kier molecular flexibility index (Phi) is 6.21. The first-order chi connectivity index (χ1) is 11.8. The van der Waals surface area contributed by atoms with E-state index in [2.05, 4.69) is 71.6 Å². The molecule has 1 aliphatic carbocycles. The Balaban J connectivity index is 2.78. The van der Waals surface area contributed by atoms with Crippen molar-refractivity contribution in [3.8, 4) is 5.75 Å². The molecule has 0 spiro atoms. The smallest absolute Gasteiger partial charge is 0.127 e. The number of halogens is 1. The average Bonchev–Trinajstić information content (AvgIpc) is 3.09. The molecule has 0 bridgehead atoms. The van der Waals surface area contributed by atoms with Gasteiger partial charge in [0.05, 0.1) is 0 Å². The first kappa shape index (κ1) is 19.8. The van der Waals surface area contributed by atoms with E-state index in [1.165, 1.54) is 11.1 Å². The van der Waals surface area contributed by atoms with Gasteiger partial charge < -0.3 is 4.74 Å². The van der Waals surface area contributed by atoms with E-state index in [9.17, 15) is 0 Å². The van der Waals surface area contributed by atoms with E-state index in [1.807, 2.05) is 0 Å². The number of rotatable bonds is 7. The number of ether oxygens (including phenoxy) is 1. The molecule has 0 heterocycles. The van der Waals surface area contributed by atoms with E-state index in [-0.39, 0.29) is 10.8 Å². The fourth-order valence-electron chi connectivity index (χ4n) is 3.81. The van der Waals surface area contributed by atoms with Gasteiger partial charge in [0.2, 0.25) is 0 Å². The molecule has 1 nitrogen and oxygen atoms in total. The van der Waals surface area contributed by atoms with E-state index < -0.39 is 0 Å². The third-order valence-electron chi connectivity index (χ3n) is 5.25. The minimum Gasteiger partial charge on any atom is -0.489 e. The van der Waals surface area contributed by atoms with Gasteiger partial charge in [-0.2, -0.15) is 0 Å². The van der Waals surface area contributed by atoms with Crippen LogP contribution in [-0.2, 0) is 10.8 Å². The Morgan fingerprint density at radius 1 is 1.16 bits per heavy atom. The van der Waals surface area contributed by atoms with Crippen LogP contribution in [0.2, 0.25) is 5.02 Å². The predicted octanol–water partition coefficient (Wildman–Crippen LogP) is 7.15. The highest BCUT2D eigenvalue weighted by Crippen LogP contribution is 2.49. The second kappa shape index (κ2) is 7.83. The zero-order valence-corrected chi connectivity index (χ0v) is 17.0. The lowest BCUT2D eigenvalue weighted by atomic mass is 9.68. The Bertz CT molecular complexity index is 685. The van der Waals surface area contributed by atoms with Gasteiger partial charge in [-0.25, -0.2) is 0 Å². The van der Waals surface area contributed by atoms with Crippen molar-refractivity contribution in [1.82, 2.24) is 0 Å². The van der Waals surface area contributed by atoms with Crippen molar-refractivity contribution in [1.29, 1.82) is 0 Å². The van der Waals surface area contributed by atoms with Gasteiger partial charge in [-0.05, 0) is 42.4 Å². The Morgan fingerprint density at radius 3 is 2.28 bits per heavy atom. The standard InChI is InChI=1S/C23H31ClO/c1-7-14-25-21-19(22(4,5)6)15-18(24)16-20(21)23(8-2,9-3)17-12-10-11-13-17/h7,10,12-13,15-16H,1,8-9,11,14H2,2-6H3. The van der Waals surface area contributed by atoms with Gasteiger partial charge in [0.1, 0.15) is 12.4 Å². The Labute approximate surface area is 158 Å². The molecule has 136 valence electrons. The summed E-state index contributed by atoms with van der Waals surface area (Å²) in [4.78, 5) is 0. The van der Waals surface area contributed by atoms with Gasteiger partial charge in [-0.15, -0.1) is 0 Å². The third kappa shape index (κ3) is 3.87. The van der Waals surface area contributed by atoms with Gasteiger partial charge >= 0.3 is 0 Å². The van der Waals surface area contributed by atoms with Crippen molar-refractivity contribution in [3.63, 3.8) is 0 Å². The molecular weight excluding hydrogens is 328 g/mol. The highest BCUT2D eigenvalue weighted by molar-refractivity contribution is 6.30. The number of allylic oxidation sites excluding steroid dienone is 4. The predicted molar refractivity (Wildman–Crippen MR) is 110 cm³/mol. The molecule has 0 saturated heterocycles. The molecule has 0 saturated carbocycles. The summed E-state index contributed by atoms with van der Waals surface area (Å²) in [6.07, 6.45) is 11.7. The molecule has 1 aromatic rings. The quantitative estimate of drug-likeness (QED) is 0.470. The van der Waals surface area contributed by atoms with Crippen LogP contribution in [0.15, 0.2) is 48.6 Å². The SMILES string of the molecule is C=CCOc1c(C(C)(C)C)cc(Cl)cc1C(CC)(CC)C1=CCC=C1. The van der Waals surface area contributed by atoms with Gasteiger partial charge in [0.15, 0.2) is 0 Å². The third-order valence-corrected chi connectivity index (χ3v) is 5.47. The van der Waals surface area contributed by atoms with Crippen LogP contribution >= 0.6 is 11.6 Å². The zero-order valence-electron chi connectivity index (χ0n) is 16.3. The van der Waals surface area contributed by atoms with E-state index in [0.29, 0.717) is 6.61 Å². The number of benzene rings is 1. The van der Waals surface area contributed by atoms with E-state index in [4.69, 9.17) is 16.3 Å². The summed E-state index contributed by atoms with van der Waals surface area (Å²) in [5, 5.41) is 0.778. The lowest BCUT2D eigenvalue weighted by molar-refractivity contribution is 0.333. The fourth-order valence-corrected chi connectivity index (χ4v) is 4.03. The van der Waals surface area contributed by atoms with Crippen LogP contribution in [0.1, 0.15) is 65.0 Å². The average molecular weight is 359 g/mol. The van der Waals surface area contributed by atoms with Crippen molar-refractivity contribution < 1.29 is 4.74 Å². The topological polar surface area (TPSA) is 9.23 Å². The summed E-state index contributed by atoms with van der Waals surface area (Å²) in [7, 11) is 0. The van der Waals surface area contributed by atoms with Crippen LogP contribution in [0.3, 0.4) is 0 Å². The normalized spacial score (nSPS) is 14.6. The molecule has 0 radical (unpaired) electrons. The van der Waals surface area contributed by atoms with E-state index in [1.54, 1.807) is 6.08 Å². The number of hydrogen-bond acceptors (Lipinski definition) is 1. The van der Waals surface area contributed by atoms with Gasteiger partial charge in [0, 0.05) is 21.6 Å². The monoisotopic (exact) mass is 358 g/mol. The summed E-state index contributed by atoms with van der Waals surface area (Å²) in [5.41, 5.74) is 3.61. The second-order valence-corrected chi connectivity index (χ2v) is 8.20. The van der Waals surface area contributed by atoms with Crippen LogP contribution in [0, 0.1) is 0 Å². The summed E-state index contributed by atoms with van der Waals surface area (Å²) in [6.45, 7) is 15.4. The summed E-state index contributed by atoms with van der Waals surface area (Å²) in [5.74, 6) is 0.974. The van der Waals surface area contributed by atoms with Crippen LogP contribution in [0.25, 0.3) is 0 Å². The first-order valence-corrected chi connectivity index (χ1v) is 9.63. The van der Waals surface area contributed by atoms with Crippen LogP contribution in [-0.4, -0.2) is 6.61 Å². The molecule has 0 unspecified atom stereocenters. The van der Waals surface area contributed by atoms with Crippen molar-refractivity contribution in [3.05, 3.63) is 64.7 Å². The molecule has 0 atom stereocenters. The molecule has 0 aromatic heterocycles. The second-order valence-electron chi connectivity index (χ2n) is 7.77. The molecule has 0 aliphatic heterocycles. The molecule has 1 aliphatic rings. The van der Waals surface area contributed by atoms with Crippen molar-refractivity contribution >= 4 is 11.6 Å². The summed E-state index contributed by atoms with van der Waals surface area (Å²) >= 11 is 6.58. The first-order valence-electron chi connectivity index (χ1n) is 9.25. The van der Waals surface area contributed by atoms with Crippen molar-refractivity contribution in [2.24, 2.45) is 0 Å². The molecule has 2 rings (SSSR count). The minimum absolute atomic E-state index is 0.0523. The lowest BCUT2D eigenvalue weighted by Crippen LogP contribution is -2.28. The number of hydrogen-bond donors (Lipinski definition) is 0. The van der Waals surface area contributed by atoms with Crippen LogP contribution in [0.4, 0.5) is 0 Å². The van der Waals surface area contributed by atoms with Crippen LogP contribution in [0.5, 0.6) is 5.75 Å². The van der Waals surface area contributed by atoms with Crippen molar-refractivity contribution in [2.75, 3.05) is 6.61 Å². The maximum atomic E-state index is 6.58. The molecule has 25 heavy (non-hydrogen) atoms. The fraction of sp³-hybridized carbons (Fsp3) is 0.478. The summed E-state index contributed by atoms with van der Waals surface area (Å²) < 4.78 is 6.24. The Morgan fingerprint density at radius 2 is 1.80 bits per heavy atom. The summed E-state index contributed by atoms with van der Waals surface area (Å²) in [6, 6.07) is 4.16. The highest BCUT2D eigenvalue weighted by Gasteiger charge is 2.37. The molecular formula is C23H31ClO. The minimum atomic E-state index is -0.0750. The molecule has 0 amide bonds. The van der Waals surface area contributed by atoms with Crippen molar-refractivity contribution in [2.45, 2.75) is 64.7 Å². The van der Waals surface area contributed by atoms with E-state index >= 15 is 0 Å². The van der Waals surface area contributed by atoms with E-state index in [0.717, 1.165) is 35.6 Å². The molecule has 0 N–H and O–H groups in total.